The third-order valence-corrected chi connectivity index (χ3v) is 19.0. The SMILES string of the molecule is CSc1ccc(-c2c3nc(c(-c4c(C)cc(C)cc4C)c4ccc([n-]4)c(C)c4nc(c(-c5ccc(C#Cc6ccc(-c7c8[nH+]c(c(-c9ccc(SC)cc9)c9ccc([n-]9)c(C)c9[nH+]c(c(C)c%10ccc7[n-]%10)C=C9)C=C8)cc6)cc5)c5ccc2[n-]5)C=C4)C=C3)cc1.[Mg+2].[Zn+2]. The predicted octanol–water partition coefficient (Wildman–Crippen LogP) is 17.6. The van der Waals surface area contributed by atoms with Crippen LogP contribution in [0.2, 0.25) is 0 Å². The van der Waals surface area contributed by atoms with E-state index in [9.17, 15) is 0 Å². The quantitative estimate of drug-likeness (QED) is 0.0881. The van der Waals surface area contributed by atoms with Crippen LogP contribution in [0, 0.1) is 53.4 Å². The minimum atomic E-state index is 0. The van der Waals surface area contributed by atoms with Crippen molar-refractivity contribution in [1.29, 1.82) is 0 Å². The van der Waals surface area contributed by atoms with Gasteiger partial charge in [0.2, 0.25) is 22.8 Å². The molecule has 2 N–H and O–H groups in total. The van der Waals surface area contributed by atoms with Gasteiger partial charge in [0.15, 0.2) is 0 Å². The maximum atomic E-state index is 5.50. The van der Waals surface area contributed by atoms with Crippen LogP contribution in [0.15, 0.2) is 168 Å². The molecule has 0 saturated carbocycles. The molecule has 0 atom stereocenters. The van der Waals surface area contributed by atoms with Gasteiger partial charge >= 0.3 is 42.5 Å². The summed E-state index contributed by atoms with van der Waals surface area (Å²) in [5, 5.41) is 0. The summed E-state index contributed by atoms with van der Waals surface area (Å²) in [5.41, 5.74) is 33.0. The van der Waals surface area contributed by atoms with Crippen molar-refractivity contribution in [2.75, 3.05) is 12.5 Å². The molecule has 16 bridgehead atoms. The first-order chi connectivity index (χ1) is 43.9. The Kier molecular flexibility index (Phi) is 17.2. The van der Waals surface area contributed by atoms with Crippen molar-refractivity contribution in [3.63, 3.8) is 0 Å². The van der Waals surface area contributed by atoms with Gasteiger partial charge in [0.05, 0.1) is 22.8 Å². The smallest absolute Gasteiger partial charge is 0.657 e. The first-order valence-corrected chi connectivity index (χ1v) is 32.6. The predicted molar refractivity (Wildman–Crippen MR) is 382 cm³/mol. The Labute approximate surface area is 573 Å². The third-order valence-electron chi connectivity index (χ3n) is 17.5. The van der Waals surface area contributed by atoms with Crippen molar-refractivity contribution < 1.29 is 29.4 Å². The normalized spacial score (nSPS) is 12.0. The van der Waals surface area contributed by atoms with E-state index in [-0.39, 0.29) is 42.5 Å². The Bertz CT molecular complexity index is 5350. The molecule has 10 heterocycles. The monoisotopic (exact) mass is 1280 g/mol. The first-order valence-electron chi connectivity index (χ1n) is 30.1. The largest absolute Gasteiger partial charge is 2.00 e. The van der Waals surface area contributed by atoms with Crippen LogP contribution in [0.1, 0.15) is 90.1 Å². The number of hydrogen-bond donors (Lipinski definition) is 0. The van der Waals surface area contributed by atoms with Crippen molar-refractivity contribution in [2.45, 2.75) is 51.3 Å². The summed E-state index contributed by atoms with van der Waals surface area (Å²) in [6.45, 7) is 12.9. The standard InChI is InChI=1S/C80H58N8S2.Mg.Zn/c1-45-43-46(2)75(47(3)44-45)80-73-36-32-64(85-73)50(6)63-31-34-66(84-63)77(69-38-40-71(87-69)79(72-41-42-74(80)88-72)56-21-25-58(90-8)26-22-56)54-17-13-52(14-18-54)10-9-51-11-15-53(16-12-51)76-65-33-29-61(82-65)48(4)59-27-28-60(81-59)49(5)62-30-35-67(83-62)78(70-39-37-68(76)86-70)55-19-23-57(89-7)24-20-55;;/h11-44H,1-8H3;;/q-4;2*+2/p+2. The number of nitrogens with zero attached hydrogens (tertiary/aromatic N) is 6. The molecule has 0 radical (unpaired) electrons. The van der Waals surface area contributed by atoms with E-state index < -0.39 is 0 Å². The van der Waals surface area contributed by atoms with Gasteiger partial charge in [-0.3, -0.25) is 0 Å². The van der Waals surface area contributed by atoms with Gasteiger partial charge in [-0.1, -0.05) is 127 Å². The molecule has 4 aliphatic heterocycles. The molecule has 0 unspecified atom stereocenters. The van der Waals surface area contributed by atoms with E-state index in [4.69, 9.17) is 29.9 Å². The summed E-state index contributed by atoms with van der Waals surface area (Å²) in [4.78, 5) is 42.2. The molecule has 4 aliphatic rings. The Morgan fingerprint density at radius 3 is 1.08 bits per heavy atom. The van der Waals surface area contributed by atoms with Crippen LogP contribution in [0.5, 0.6) is 0 Å². The van der Waals surface area contributed by atoms with Gasteiger partial charge in [-0.2, -0.15) is 0 Å². The number of thioether (sulfide) groups is 2. The van der Waals surface area contributed by atoms with Crippen LogP contribution >= 0.6 is 23.5 Å². The molecule has 92 heavy (non-hydrogen) atoms. The Balaban J connectivity index is 0.00000386. The zero-order valence-electron chi connectivity index (χ0n) is 52.5. The second-order valence-corrected chi connectivity index (χ2v) is 25.0. The molecular weight excluding hydrogens is 1230 g/mol. The molecule has 434 valence electrons. The first kappa shape index (κ1) is 61.8. The van der Waals surface area contributed by atoms with E-state index in [1.165, 1.54) is 26.5 Å². The summed E-state index contributed by atoms with van der Waals surface area (Å²) >= 11 is 3.46. The fraction of sp³-hybridized carbons (Fsp3) is 0.100. The molecule has 0 fully saturated rings. The molecule has 0 saturated heterocycles. The minimum absolute atomic E-state index is 0. The molecule has 8 nitrogen and oxygen atoms in total. The van der Waals surface area contributed by atoms with Crippen LogP contribution in [0.4, 0.5) is 0 Å². The van der Waals surface area contributed by atoms with Crippen LogP contribution in [-0.2, 0) is 19.5 Å². The van der Waals surface area contributed by atoms with E-state index in [1.807, 2.05) is 0 Å². The van der Waals surface area contributed by atoms with Crippen LogP contribution in [0.3, 0.4) is 0 Å². The Hall–Kier alpha value is -9.05. The fourth-order valence-corrected chi connectivity index (χ4v) is 13.7. The molecule has 0 amide bonds. The van der Waals surface area contributed by atoms with Gasteiger partial charge in [0, 0.05) is 67.5 Å². The molecule has 15 rings (SSSR count). The Morgan fingerprint density at radius 2 is 0.641 bits per heavy atom. The van der Waals surface area contributed by atoms with Crippen LogP contribution < -0.4 is 29.9 Å². The molecule has 12 heteroatoms. The van der Waals surface area contributed by atoms with Crippen molar-refractivity contribution in [3.05, 3.63) is 248 Å². The molecular formula is C80H60MgN8S2Zn+2. The van der Waals surface area contributed by atoms with Crippen LogP contribution in [-0.4, -0.2) is 45.5 Å². The fourth-order valence-electron chi connectivity index (χ4n) is 12.8. The zero-order chi connectivity index (χ0) is 61.3. The van der Waals surface area contributed by atoms with E-state index in [2.05, 4.69) is 282 Å². The summed E-state index contributed by atoms with van der Waals surface area (Å²) in [6.07, 6.45) is 21.3. The molecule has 11 aromatic rings. The van der Waals surface area contributed by atoms with Gasteiger partial charge in [-0.15, -0.1) is 67.7 Å². The summed E-state index contributed by atoms with van der Waals surface area (Å²) < 4.78 is 0. The molecule has 5 aromatic carbocycles. The van der Waals surface area contributed by atoms with Gasteiger partial charge < -0.3 is 19.9 Å². The molecule has 0 spiro atoms. The zero-order valence-corrected chi connectivity index (χ0v) is 58.6. The summed E-state index contributed by atoms with van der Waals surface area (Å²) in [7, 11) is 0. The van der Waals surface area contributed by atoms with E-state index >= 15 is 0 Å². The van der Waals surface area contributed by atoms with Gasteiger partial charge in [0.1, 0.15) is 0 Å². The topological polar surface area (TPSA) is 110 Å². The maximum Gasteiger partial charge on any atom is 2.00 e. The minimum Gasteiger partial charge on any atom is -0.657 e. The number of rotatable bonds is 7. The number of H-pyrrole nitrogens is 2. The number of hydrogen-bond acceptors (Lipinski definition) is 4. The average molecular weight is 1290 g/mol. The van der Waals surface area contributed by atoms with E-state index in [0.717, 1.165) is 173 Å². The van der Waals surface area contributed by atoms with Crippen molar-refractivity contribution >= 4 is 139 Å². The van der Waals surface area contributed by atoms with Crippen molar-refractivity contribution in [2.24, 2.45) is 0 Å². The Morgan fingerprint density at radius 1 is 0.326 bits per heavy atom. The molecule has 6 aromatic heterocycles. The number of aromatic amines is 2. The van der Waals surface area contributed by atoms with Gasteiger partial charge in [0.25, 0.3) is 0 Å². The number of fused-ring (bicyclic) bond motifs is 16. The second kappa shape index (κ2) is 25.6. The number of aromatic nitrogens is 8. The van der Waals surface area contributed by atoms with Crippen molar-refractivity contribution in [1.82, 2.24) is 29.9 Å². The van der Waals surface area contributed by atoms with E-state index in [0.29, 0.717) is 0 Å². The second-order valence-electron chi connectivity index (χ2n) is 23.3. The summed E-state index contributed by atoms with van der Waals surface area (Å²) in [5.74, 6) is 6.96. The number of benzene rings is 5. The van der Waals surface area contributed by atoms with E-state index in [1.54, 1.807) is 23.5 Å². The van der Waals surface area contributed by atoms with Gasteiger partial charge in [-0.25, -0.2) is 19.9 Å². The number of aryl methyl sites for hydroxylation is 6. The third kappa shape index (κ3) is 11.5. The van der Waals surface area contributed by atoms with Crippen molar-refractivity contribution in [3.8, 4) is 67.5 Å². The average Bonchev–Trinajstić information content (AvgIpc) is 1.61. The van der Waals surface area contributed by atoms with Gasteiger partial charge in [-0.05, 0) is 188 Å². The number of nitrogens with one attached hydrogen (secondary N) is 2. The molecule has 0 aliphatic carbocycles. The maximum absolute atomic E-state index is 5.50. The summed E-state index contributed by atoms with van der Waals surface area (Å²) in [6, 6.07) is 55.8. The van der Waals surface area contributed by atoms with Crippen LogP contribution in [0.25, 0.3) is 148 Å².